The first-order valence-electron chi connectivity index (χ1n) is 10.2. The van der Waals surface area contributed by atoms with Crippen LogP contribution >= 0.6 is 11.6 Å². The van der Waals surface area contributed by atoms with Crippen LogP contribution in [0.1, 0.15) is 29.1 Å². The molecule has 1 atom stereocenters. The molecule has 0 saturated carbocycles. The summed E-state index contributed by atoms with van der Waals surface area (Å²) >= 11 is 6.11. The highest BCUT2D eigenvalue weighted by Gasteiger charge is 2.27. The van der Waals surface area contributed by atoms with E-state index in [0.29, 0.717) is 49.3 Å². The highest BCUT2D eigenvalue weighted by atomic mass is 35.5. The summed E-state index contributed by atoms with van der Waals surface area (Å²) in [5.74, 6) is 2.04. The van der Waals surface area contributed by atoms with Gasteiger partial charge in [-0.1, -0.05) is 23.7 Å². The number of morpholine rings is 1. The fourth-order valence-corrected chi connectivity index (χ4v) is 3.69. The Balaban J connectivity index is 1.31. The van der Waals surface area contributed by atoms with Gasteiger partial charge in [-0.15, -0.1) is 0 Å². The van der Waals surface area contributed by atoms with Crippen LogP contribution in [0, 0.1) is 13.8 Å². The molecule has 1 aliphatic heterocycles. The van der Waals surface area contributed by atoms with Gasteiger partial charge in [-0.05, 0) is 32.0 Å². The molecule has 0 radical (unpaired) electrons. The number of rotatable bonds is 7. The van der Waals surface area contributed by atoms with Gasteiger partial charge in [0.15, 0.2) is 0 Å². The lowest BCUT2D eigenvalue weighted by molar-refractivity contribution is -0.140. The molecule has 10 heteroatoms. The van der Waals surface area contributed by atoms with Gasteiger partial charge in [0.05, 0.1) is 30.5 Å². The van der Waals surface area contributed by atoms with Crippen molar-refractivity contribution in [2.45, 2.75) is 32.9 Å². The van der Waals surface area contributed by atoms with E-state index in [1.807, 2.05) is 38.1 Å². The minimum atomic E-state index is -0.272. The lowest BCUT2D eigenvalue weighted by Gasteiger charge is -2.32. The molecule has 4 rings (SSSR count). The quantitative estimate of drug-likeness (QED) is 0.601. The second kappa shape index (κ2) is 9.49. The summed E-state index contributed by atoms with van der Waals surface area (Å²) in [6.07, 6.45) is 0.379. The Kier molecular flexibility index (Phi) is 6.53. The molecule has 1 amide bonds. The Bertz CT molecular complexity index is 1050. The molecule has 0 spiro atoms. The fraction of sp³-hybridized carbons (Fsp3) is 0.429. The van der Waals surface area contributed by atoms with Gasteiger partial charge in [0.1, 0.15) is 30.0 Å². The number of H-pyrrole nitrogens is 1. The van der Waals surface area contributed by atoms with Gasteiger partial charge < -0.3 is 14.4 Å². The lowest BCUT2D eigenvalue weighted by atomic mass is 10.2. The van der Waals surface area contributed by atoms with Crippen LogP contribution in [0.5, 0.6) is 5.75 Å². The van der Waals surface area contributed by atoms with E-state index in [2.05, 4.69) is 20.3 Å². The Morgan fingerprint density at radius 1 is 1.35 bits per heavy atom. The molecule has 9 nitrogen and oxygen atoms in total. The number of para-hydroxylation sites is 1. The van der Waals surface area contributed by atoms with Crippen molar-refractivity contribution in [1.29, 1.82) is 0 Å². The first-order chi connectivity index (χ1) is 15.0. The van der Waals surface area contributed by atoms with E-state index in [-0.39, 0.29) is 18.6 Å². The molecule has 1 N–H and O–H groups in total. The number of carbonyl (C=O) groups is 1. The second-order valence-corrected chi connectivity index (χ2v) is 7.82. The fourth-order valence-electron chi connectivity index (χ4n) is 3.50. The third kappa shape index (κ3) is 5.23. The van der Waals surface area contributed by atoms with Crippen molar-refractivity contribution < 1.29 is 14.3 Å². The highest BCUT2D eigenvalue weighted by Crippen LogP contribution is 2.24. The van der Waals surface area contributed by atoms with Gasteiger partial charge in [0, 0.05) is 18.7 Å². The van der Waals surface area contributed by atoms with E-state index < -0.39 is 0 Å². The van der Waals surface area contributed by atoms with Crippen molar-refractivity contribution in [2.24, 2.45) is 0 Å². The summed E-state index contributed by atoms with van der Waals surface area (Å²) in [5, 5.41) is 12.3. The van der Waals surface area contributed by atoms with Gasteiger partial charge in [-0.2, -0.15) is 10.2 Å². The molecule has 2 aromatic heterocycles. The number of nitrogens with one attached hydrogen (secondary N) is 1. The number of hydrogen-bond donors (Lipinski definition) is 1. The van der Waals surface area contributed by atoms with Gasteiger partial charge in [-0.25, -0.2) is 9.67 Å². The Morgan fingerprint density at radius 3 is 2.97 bits per heavy atom. The van der Waals surface area contributed by atoms with Gasteiger partial charge >= 0.3 is 0 Å². The van der Waals surface area contributed by atoms with Crippen LogP contribution in [0.4, 0.5) is 0 Å². The van der Waals surface area contributed by atoms with Crippen LogP contribution in [-0.4, -0.2) is 62.1 Å². The van der Waals surface area contributed by atoms with Crippen LogP contribution in [0.15, 0.2) is 30.3 Å². The van der Waals surface area contributed by atoms with E-state index in [0.717, 1.165) is 17.2 Å². The Labute approximate surface area is 185 Å². The summed E-state index contributed by atoms with van der Waals surface area (Å²) in [5.41, 5.74) is 1.71. The van der Waals surface area contributed by atoms with Crippen LogP contribution in [-0.2, 0) is 22.5 Å². The standard InChI is InChI=1S/C21H25ClN6O3/c1-14-23-15(2)28(26-14)13-21(29)27-8-10-31-20(12-27)18-11-16(24-25-18)7-9-30-19-6-4-3-5-17(19)22/h3-6,11,20H,7-10,12-13H2,1-2H3,(H,24,25)/t20-/m1/s1. The molecule has 0 unspecified atom stereocenters. The number of nitrogens with zero attached hydrogens (tertiary/aromatic N) is 5. The normalized spacial score (nSPS) is 16.5. The van der Waals surface area contributed by atoms with E-state index in [1.54, 1.807) is 15.6 Å². The van der Waals surface area contributed by atoms with E-state index >= 15 is 0 Å². The maximum atomic E-state index is 12.7. The van der Waals surface area contributed by atoms with Gasteiger partial charge in [0.25, 0.3) is 0 Å². The summed E-state index contributed by atoms with van der Waals surface area (Å²) in [6, 6.07) is 9.34. The van der Waals surface area contributed by atoms with Gasteiger partial charge in [-0.3, -0.25) is 9.89 Å². The van der Waals surface area contributed by atoms with Crippen molar-refractivity contribution in [1.82, 2.24) is 29.9 Å². The molecule has 164 valence electrons. The number of hydrogen-bond acceptors (Lipinski definition) is 6. The smallest absolute Gasteiger partial charge is 0.244 e. The molecule has 1 aromatic carbocycles. The maximum Gasteiger partial charge on any atom is 0.244 e. The van der Waals surface area contributed by atoms with E-state index in [1.165, 1.54) is 0 Å². The van der Waals surface area contributed by atoms with Crippen LogP contribution in [0.25, 0.3) is 0 Å². The number of aromatic nitrogens is 5. The monoisotopic (exact) mass is 444 g/mol. The topological polar surface area (TPSA) is 98.2 Å². The molecule has 3 heterocycles. The number of amides is 1. The molecule has 1 fully saturated rings. The number of benzene rings is 1. The van der Waals surface area contributed by atoms with Crippen molar-refractivity contribution in [3.63, 3.8) is 0 Å². The van der Waals surface area contributed by atoms with Crippen molar-refractivity contribution in [3.05, 3.63) is 58.4 Å². The predicted molar refractivity (Wildman–Crippen MR) is 114 cm³/mol. The Hall–Kier alpha value is -2.91. The summed E-state index contributed by atoms with van der Waals surface area (Å²) in [6.45, 7) is 5.76. The molecular weight excluding hydrogens is 420 g/mol. The molecule has 1 aliphatic rings. The zero-order chi connectivity index (χ0) is 21.8. The molecule has 1 saturated heterocycles. The first kappa shape index (κ1) is 21.3. The van der Waals surface area contributed by atoms with Gasteiger partial charge in [0.2, 0.25) is 5.91 Å². The van der Waals surface area contributed by atoms with Crippen LogP contribution < -0.4 is 4.74 Å². The van der Waals surface area contributed by atoms with Crippen LogP contribution in [0.2, 0.25) is 5.02 Å². The van der Waals surface area contributed by atoms with Crippen LogP contribution in [0.3, 0.4) is 0 Å². The lowest BCUT2D eigenvalue weighted by Crippen LogP contribution is -2.44. The average molecular weight is 445 g/mol. The van der Waals surface area contributed by atoms with E-state index in [9.17, 15) is 4.79 Å². The van der Waals surface area contributed by atoms with Crippen molar-refractivity contribution in [3.8, 4) is 5.75 Å². The zero-order valence-corrected chi connectivity index (χ0v) is 18.3. The zero-order valence-electron chi connectivity index (χ0n) is 17.5. The summed E-state index contributed by atoms with van der Waals surface area (Å²) in [7, 11) is 0. The van der Waals surface area contributed by atoms with E-state index in [4.69, 9.17) is 21.1 Å². The molecule has 3 aromatic rings. The minimum absolute atomic E-state index is 0.00908. The highest BCUT2D eigenvalue weighted by molar-refractivity contribution is 6.32. The third-order valence-electron chi connectivity index (χ3n) is 5.11. The number of ether oxygens (including phenoxy) is 2. The molecule has 31 heavy (non-hydrogen) atoms. The minimum Gasteiger partial charge on any atom is -0.492 e. The molecular formula is C21H25ClN6O3. The van der Waals surface area contributed by atoms with Crippen molar-refractivity contribution in [2.75, 3.05) is 26.3 Å². The first-order valence-corrected chi connectivity index (χ1v) is 10.6. The molecule has 0 aliphatic carbocycles. The summed E-state index contributed by atoms with van der Waals surface area (Å²) < 4.78 is 13.2. The number of halogens is 1. The second-order valence-electron chi connectivity index (χ2n) is 7.41. The molecule has 0 bridgehead atoms. The predicted octanol–water partition coefficient (Wildman–Crippen LogP) is 2.49. The number of aryl methyl sites for hydroxylation is 2. The maximum absolute atomic E-state index is 12.7. The third-order valence-corrected chi connectivity index (χ3v) is 5.43. The average Bonchev–Trinajstić information content (AvgIpc) is 3.35. The Morgan fingerprint density at radius 2 is 2.19 bits per heavy atom. The van der Waals surface area contributed by atoms with Crippen molar-refractivity contribution >= 4 is 17.5 Å². The summed E-state index contributed by atoms with van der Waals surface area (Å²) in [4.78, 5) is 18.8. The largest absolute Gasteiger partial charge is 0.492 e. The number of carbonyl (C=O) groups excluding carboxylic acids is 1. The SMILES string of the molecule is Cc1nc(C)n(CC(=O)N2CCO[C@@H](c3cc(CCOc4ccccc4Cl)[nH]n3)C2)n1. The number of aromatic amines is 1.